The summed E-state index contributed by atoms with van der Waals surface area (Å²) < 4.78 is 1.90. The molecule has 2 aromatic carbocycles. The number of imide groups is 1. The monoisotopic (exact) mass is 433 g/mol. The molecule has 7 heteroatoms. The van der Waals surface area contributed by atoms with E-state index in [4.69, 9.17) is 0 Å². The number of aromatic nitrogens is 2. The molecule has 0 radical (unpaired) electrons. The van der Waals surface area contributed by atoms with Crippen LogP contribution in [0.1, 0.15) is 40.5 Å². The molecule has 3 aromatic rings. The number of imidazole rings is 1. The van der Waals surface area contributed by atoms with E-state index in [2.05, 4.69) is 28.8 Å². The van der Waals surface area contributed by atoms with Crippen LogP contribution in [0.5, 0.6) is 0 Å². The van der Waals surface area contributed by atoms with Crippen molar-refractivity contribution in [2.24, 2.45) is 0 Å². The first-order valence-electron chi connectivity index (χ1n) is 11.3. The third-order valence-electron chi connectivity index (χ3n) is 6.14. The summed E-state index contributed by atoms with van der Waals surface area (Å²) in [5, 5.41) is 1.62. The zero-order valence-corrected chi connectivity index (χ0v) is 19.1. The van der Waals surface area contributed by atoms with Gasteiger partial charge in [0.25, 0.3) is 11.8 Å². The molecule has 2 heterocycles. The fourth-order valence-electron chi connectivity index (χ4n) is 4.45. The maximum Gasteiger partial charge on any atom is 0.261 e. The van der Waals surface area contributed by atoms with Crippen molar-refractivity contribution in [1.82, 2.24) is 24.3 Å². The second-order valence-electron chi connectivity index (χ2n) is 8.55. The molecule has 32 heavy (non-hydrogen) atoms. The lowest BCUT2D eigenvalue weighted by Gasteiger charge is -2.29. The Hall–Kier alpha value is -3.03. The van der Waals surface area contributed by atoms with Gasteiger partial charge in [0.2, 0.25) is 0 Å². The highest BCUT2D eigenvalue weighted by Crippen LogP contribution is 2.33. The van der Waals surface area contributed by atoms with Crippen molar-refractivity contribution in [1.29, 1.82) is 0 Å². The number of rotatable bonds is 10. The lowest BCUT2D eigenvalue weighted by Crippen LogP contribution is -2.44. The van der Waals surface area contributed by atoms with Gasteiger partial charge in [0.1, 0.15) is 0 Å². The molecule has 0 aliphatic carbocycles. The van der Waals surface area contributed by atoms with E-state index in [0.29, 0.717) is 24.2 Å². The molecule has 0 spiro atoms. The zero-order chi connectivity index (χ0) is 22.7. The van der Waals surface area contributed by atoms with E-state index in [-0.39, 0.29) is 11.8 Å². The molecular formula is C25H31N5O2. The van der Waals surface area contributed by atoms with Gasteiger partial charge in [-0.1, -0.05) is 19.1 Å². The van der Waals surface area contributed by atoms with Crippen molar-refractivity contribution in [3.8, 4) is 5.69 Å². The fraction of sp³-hybridized carbons (Fsp3) is 0.400. The van der Waals surface area contributed by atoms with Gasteiger partial charge in [0.05, 0.1) is 12.0 Å². The van der Waals surface area contributed by atoms with Gasteiger partial charge in [-0.25, -0.2) is 4.98 Å². The first-order chi connectivity index (χ1) is 15.5. The van der Waals surface area contributed by atoms with Crippen molar-refractivity contribution in [2.45, 2.75) is 19.8 Å². The molecule has 0 unspecified atom stereocenters. The zero-order valence-electron chi connectivity index (χ0n) is 19.1. The topological polar surface area (TPSA) is 61.7 Å². The number of amides is 2. The largest absolute Gasteiger partial charge is 0.306 e. The Balaban J connectivity index is 1.49. The lowest BCUT2D eigenvalue weighted by molar-refractivity contribution is 0.0597. The van der Waals surface area contributed by atoms with Crippen LogP contribution in [0.2, 0.25) is 0 Å². The van der Waals surface area contributed by atoms with Crippen LogP contribution in [-0.2, 0) is 0 Å². The van der Waals surface area contributed by atoms with E-state index in [1.165, 1.54) is 4.90 Å². The molecule has 2 amide bonds. The maximum absolute atomic E-state index is 13.3. The molecule has 0 N–H and O–H groups in total. The molecule has 1 aliphatic heterocycles. The molecule has 0 bridgehead atoms. The van der Waals surface area contributed by atoms with Crippen molar-refractivity contribution in [2.75, 3.05) is 46.8 Å². The van der Waals surface area contributed by atoms with Crippen molar-refractivity contribution < 1.29 is 9.59 Å². The average molecular weight is 434 g/mol. The summed E-state index contributed by atoms with van der Waals surface area (Å²) in [5.41, 5.74) is 2.08. The predicted molar refractivity (Wildman–Crippen MR) is 126 cm³/mol. The molecule has 168 valence electrons. The minimum absolute atomic E-state index is 0.216. The summed E-state index contributed by atoms with van der Waals surface area (Å²) in [7, 11) is 4.19. The first kappa shape index (κ1) is 22.2. The predicted octanol–water partition coefficient (Wildman–Crippen LogP) is 3.29. The molecule has 7 nitrogen and oxygen atoms in total. The van der Waals surface area contributed by atoms with Crippen LogP contribution in [0.3, 0.4) is 0 Å². The van der Waals surface area contributed by atoms with Crippen LogP contribution in [0.4, 0.5) is 0 Å². The minimum atomic E-state index is -0.216. The van der Waals surface area contributed by atoms with Crippen LogP contribution in [0.25, 0.3) is 16.5 Å². The molecule has 0 atom stereocenters. The van der Waals surface area contributed by atoms with Gasteiger partial charge in [-0.15, -0.1) is 0 Å². The Morgan fingerprint density at radius 1 is 0.906 bits per heavy atom. The molecule has 1 aliphatic rings. The lowest BCUT2D eigenvalue weighted by atomic mass is 9.93. The van der Waals surface area contributed by atoms with Crippen LogP contribution in [0.15, 0.2) is 49.1 Å². The van der Waals surface area contributed by atoms with Gasteiger partial charge in [0.15, 0.2) is 0 Å². The molecule has 4 rings (SSSR count). The summed E-state index contributed by atoms with van der Waals surface area (Å²) in [4.78, 5) is 36.6. The van der Waals surface area contributed by atoms with Gasteiger partial charge in [-0.05, 0) is 64.8 Å². The highest BCUT2D eigenvalue weighted by Gasteiger charge is 2.33. The quantitative estimate of drug-likeness (QED) is 0.459. The second kappa shape index (κ2) is 9.63. The van der Waals surface area contributed by atoms with E-state index in [1.807, 2.05) is 48.1 Å². The van der Waals surface area contributed by atoms with Gasteiger partial charge >= 0.3 is 0 Å². The standard InChI is InChI=1S/C25H31N5O2/c1-4-12-27(2)13-6-14-28(3)16-17-30-24(31)20-8-5-7-19-22(29-15-11-26-18-29)10-9-21(23(19)20)25(30)32/h5,7-11,15,18H,4,6,12-14,16-17H2,1-3H3. The van der Waals surface area contributed by atoms with Crippen molar-refractivity contribution in [3.05, 3.63) is 60.2 Å². The van der Waals surface area contributed by atoms with Gasteiger partial charge < -0.3 is 14.4 Å². The van der Waals surface area contributed by atoms with Gasteiger partial charge in [-0.2, -0.15) is 0 Å². The second-order valence-corrected chi connectivity index (χ2v) is 8.55. The molecule has 0 saturated heterocycles. The highest BCUT2D eigenvalue weighted by molar-refractivity contribution is 6.26. The van der Waals surface area contributed by atoms with E-state index >= 15 is 0 Å². The molecule has 0 fully saturated rings. The number of carbonyl (C=O) groups excluding carboxylic acids is 2. The van der Waals surface area contributed by atoms with Crippen molar-refractivity contribution in [3.63, 3.8) is 0 Å². The summed E-state index contributed by atoms with van der Waals surface area (Å²) in [6.45, 7) is 6.32. The van der Waals surface area contributed by atoms with Crippen LogP contribution in [0, 0.1) is 0 Å². The number of hydrogen-bond acceptors (Lipinski definition) is 5. The highest BCUT2D eigenvalue weighted by atomic mass is 16.2. The minimum Gasteiger partial charge on any atom is -0.306 e. The maximum atomic E-state index is 13.3. The number of benzene rings is 2. The summed E-state index contributed by atoms with van der Waals surface area (Å²) in [6.07, 6.45) is 7.51. The number of likely N-dealkylation sites (N-methyl/N-ethyl adjacent to an activating group) is 1. The summed E-state index contributed by atoms with van der Waals surface area (Å²) in [5.74, 6) is -0.432. The number of nitrogens with zero attached hydrogens (tertiary/aromatic N) is 5. The van der Waals surface area contributed by atoms with Gasteiger partial charge in [-0.3, -0.25) is 14.5 Å². The van der Waals surface area contributed by atoms with Crippen LogP contribution >= 0.6 is 0 Å². The molecule has 0 saturated carbocycles. The summed E-state index contributed by atoms with van der Waals surface area (Å²) >= 11 is 0. The Kier molecular flexibility index (Phi) is 6.67. The fourth-order valence-corrected chi connectivity index (χ4v) is 4.45. The number of carbonyl (C=O) groups is 2. The SMILES string of the molecule is CCCN(C)CCCN(C)CCN1C(=O)c2cccc3c(-n4ccnc4)ccc(c23)C1=O. The number of hydrogen-bond donors (Lipinski definition) is 0. The molecule has 1 aromatic heterocycles. The Labute approximate surface area is 189 Å². The van der Waals surface area contributed by atoms with Crippen LogP contribution in [-0.4, -0.2) is 82.9 Å². The average Bonchev–Trinajstić information content (AvgIpc) is 3.32. The summed E-state index contributed by atoms with van der Waals surface area (Å²) in [6, 6.07) is 9.41. The van der Waals surface area contributed by atoms with Gasteiger partial charge in [0, 0.05) is 47.4 Å². The van der Waals surface area contributed by atoms with E-state index < -0.39 is 0 Å². The van der Waals surface area contributed by atoms with Crippen LogP contribution < -0.4 is 0 Å². The van der Waals surface area contributed by atoms with E-state index in [0.717, 1.165) is 48.9 Å². The molecular weight excluding hydrogens is 402 g/mol. The third-order valence-corrected chi connectivity index (χ3v) is 6.14. The Morgan fingerprint density at radius 3 is 2.31 bits per heavy atom. The normalized spacial score (nSPS) is 13.7. The van der Waals surface area contributed by atoms with E-state index in [9.17, 15) is 9.59 Å². The smallest absolute Gasteiger partial charge is 0.261 e. The Morgan fingerprint density at radius 2 is 1.62 bits per heavy atom. The Bertz CT molecular complexity index is 1090. The first-order valence-corrected chi connectivity index (χ1v) is 11.3. The third kappa shape index (κ3) is 4.31. The van der Waals surface area contributed by atoms with Crippen molar-refractivity contribution >= 4 is 22.6 Å². The van der Waals surface area contributed by atoms with E-state index in [1.54, 1.807) is 12.5 Å².